The van der Waals surface area contributed by atoms with Crippen molar-refractivity contribution in [2.24, 2.45) is 0 Å². The molecule has 104 valence electrons. The summed E-state index contributed by atoms with van der Waals surface area (Å²) in [4.78, 5) is 11.8. The van der Waals surface area contributed by atoms with Gasteiger partial charge in [0.25, 0.3) is 0 Å². The Labute approximate surface area is 131 Å². The SMILES string of the molecule is O=C(CNc1ccc(Cl)cc1)Nc1c(Cl)cccc1Cl. The van der Waals surface area contributed by atoms with Gasteiger partial charge >= 0.3 is 0 Å². The van der Waals surface area contributed by atoms with Crippen molar-refractivity contribution < 1.29 is 4.79 Å². The number of rotatable bonds is 4. The van der Waals surface area contributed by atoms with Crippen LogP contribution >= 0.6 is 34.8 Å². The Balaban J connectivity index is 1.94. The molecule has 0 heterocycles. The summed E-state index contributed by atoms with van der Waals surface area (Å²) in [5.74, 6) is -0.241. The molecule has 2 aromatic rings. The van der Waals surface area contributed by atoms with Crippen LogP contribution in [0.25, 0.3) is 0 Å². The van der Waals surface area contributed by atoms with Gasteiger partial charge in [0.05, 0.1) is 22.3 Å². The summed E-state index contributed by atoms with van der Waals surface area (Å²) < 4.78 is 0. The fourth-order valence-corrected chi connectivity index (χ4v) is 2.17. The molecule has 0 aliphatic heterocycles. The fourth-order valence-electron chi connectivity index (χ4n) is 1.55. The summed E-state index contributed by atoms with van der Waals surface area (Å²) >= 11 is 17.7. The minimum atomic E-state index is -0.241. The highest BCUT2D eigenvalue weighted by atomic mass is 35.5. The summed E-state index contributed by atoms with van der Waals surface area (Å²) in [5, 5.41) is 7.08. The molecule has 2 aromatic carbocycles. The van der Waals surface area contributed by atoms with Gasteiger partial charge in [-0.1, -0.05) is 40.9 Å². The molecule has 0 aromatic heterocycles. The predicted molar refractivity (Wildman–Crippen MR) is 85.0 cm³/mol. The lowest BCUT2D eigenvalue weighted by atomic mass is 10.3. The number of amides is 1. The Morgan fingerprint density at radius 1 is 0.950 bits per heavy atom. The Bertz CT molecular complexity index is 594. The first-order chi connectivity index (χ1) is 9.56. The standard InChI is InChI=1S/C14H11Cl3N2O/c15-9-4-6-10(7-5-9)18-8-13(20)19-14-11(16)2-1-3-12(14)17/h1-7,18H,8H2,(H,19,20). The van der Waals surface area contributed by atoms with Crippen LogP contribution in [0.4, 0.5) is 11.4 Å². The molecular formula is C14H11Cl3N2O. The molecule has 0 aliphatic carbocycles. The van der Waals surface area contributed by atoms with Crippen molar-refractivity contribution in [1.29, 1.82) is 0 Å². The lowest BCUT2D eigenvalue weighted by molar-refractivity contribution is -0.114. The molecule has 1 amide bonds. The fraction of sp³-hybridized carbons (Fsp3) is 0.0714. The van der Waals surface area contributed by atoms with E-state index in [9.17, 15) is 4.79 Å². The van der Waals surface area contributed by atoms with Gasteiger partial charge in [-0.3, -0.25) is 4.79 Å². The van der Waals surface area contributed by atoms with Crippen LogP contribution in [-0.4, -0.2) is 12.5 Å². The van der Waals surface area contributed by atoms with E-state index in [4.69, 9.17) is 34.8 Å². The van der Waals surface area contributed by atoms with E-state index in [0.29, 0.717) is 20.8 Å². The molecule has 0 radical (unpaired) electrons. The number of para-hydroxylation sites is 1. The zero-order chi connectivity index (χ0) is 14.5. The lowest BCUT2D eigenvalue weighted by Gasteiger charge is -2.10. The van der Waals surface area contributed by atoms with Crippen LogP contribution in [0, 0.1) is 0 Å². The number of hydrogen-bond acceptors (Lipinski definition) is 2. The maximum atomic E-state index is 11.8. The summed E-state index contributed by atoms with van der Waals surface area (Å²) in [6.45, 7) is 0.100. The summed E-state index contributed by atoms with van der Waals surface area (Å²) in [6.07, 6.45) is 0. The third-order valence-electron chi connectivity index (χ3n) is 2.52. The zero-order valence-electron chi connectivity index (χ0n) is 10.3. The number of anilines is 2. The van der Waals surface area contributed by atoms with Gasteiger partial charge in [-0.2, -0.15) is 0 Å². The van der Waals surface area contributed by atoms with E-state index in [1.54, 1.807) is 42.5 Å². The average Bonchev–Trinajstić information content (AvgIpc) is 2.42. The molecule has 0 saturated carbocycles. The smallest absolute Gasteiger partial charge is 0.243 e. The van der Waals surface area contributed by atoms with Crippen LogP contribution in [0.15, 0.2) is 42.5 Å². The first kappa shape index (κ1) is 15.0. The Morgan fingerprint density at radius 2 is 1.55 bits per heavy atom. The Morgan fingerprint density at radius 3 is 2.15 bits per heavy atom. The normalized spacial score (nSPS) is 10.2. The lowest BCUT2D eigenvalue weighted by Crippen LogP contribution is -2.22. The van der Waals surface area contributed by atoms with Crippen LogP contribution in [0.5, 0.6) is 0 Å². The molecule has 0 atom stereocenters. The van der Waals surface area contributed by atoms with Crippen LogP contribution in [0.1, 0.15) is 0 Å². The highest BCUT2D eigenvalue weighted by Crippen LogP contribution is 2.29. The molecule has 0 unspecified atom stereocenters. The molecule has 0 spiro atoms. The monoisotopic (exact) mass is 328 g/mol. The van der Waals surface area contributed by atoms with Crippen molar-refractivity contribution in [1.82, 2.24) is 0 Å². The molecule has 0 bridgehead atoms. The summed E-state index contributed by atoms with van der Waals surface area (Å²) in [6, 6.07) is 12.1. The maximum Gasteiger partial charge on any atom is 0.243 e. The van der Waals surface area contributed by atoms with E-state index in [-0.39, 0.29) is 12.5 Å². The summed E-state index contributed by atoms with van der Waals surface area (Å²) in [5.41, 5.74) is 1.22. The van der Waals surface area contributed by atoms with Crippen molar-refractivity contribution in [3.05, 3.63) is 57.5 Å². The van der Waals surface area contributed by atoms with Crippen LogP contribution in [0.2, 0.25) is 15.1 Å². The van der Waals surface area contributed by atoms with E-state index in [1.807, 2.05) is 0 Å². The highest BCUT2D eigenvalue weighted by Gasteiger charge is 2.09. The molecule has 6 heteroatoms. The molecule has 2 rings (SSSR count). The van der Waals surface area contributed by atoms with Crippen LogP contribution in [0.3, 0.4) is 0 Å². The molecular weight excluding hydrogens is 319 g/mol. The topological polar surface area (TPSA) is 41.1 Å². The van der Waals surface area contributed by atoms with Crippen molar-refractivity contribution in [3.63, 3.8) is 0 Å². The van der Waals surface area contributed by atoms with E-state index in [0.717, 1.165) is 5.69 Å². The number of benzene rings is 2. The second-order valence-electron chi connectivity index (χ2n) is 4.01. The molecule has 20 heavy (non-hydrogen) atoms. The Kier molecular flexibility index (Phi) is 5.12. The van der Waals surface area contributed by atoms with Crippen molar-refractivity contribution in [2.75, 3.05) is 17.2 Å². The molecule has 0 saturated heterocycles. The zero-order valence-corrected chi connectivity index (χ0v) is 12.6. The number of carbonyl (C=O) groups is 1. The third kappa shape index (κ3) is 4.04. The number of carbonyl (C=O) groups excluding carboxylic acids is 1. The number of hydrogen-bond donors (Lipinski definition) is 2. The van der Waals surface area contributed by atoms with Gasteiger partial charge in [-0.05, 0) is 36.4 Å². The van der Waals surface area contributed by atoms with Crippen LogP contribution in [-0.2, 0) is 4.79 Å². The minimum absolute atomic E-state index is 0.100. The number of halogens is 3. The van der Waals surface area contributed by atoms with Gasteiger partial charge in [0, 0.05) is 10.7 Å². The van der Waals surface area contributed by atoms with Crippen molar-refractivity contribution >= 4 is 52.1 Å². The van der Waals surface area contributed by atoms with Gasteiger partial charge in [0.15, 0.2) is 0 Å². The van der Waals surface area contributed by atoms with E-state index >= 15 is 0 Å². The largest absolute Gasteiger partial charge is 0.376 e. The minimum Gasteiger partial charge on any atom is -0.376 e. The van der Waals surface area contributed by atoms with Crippen molar-refractivity contribution in [3.8, 4) is 0 Å². The van der Waals surface area contributed by atoms with Gasteiger partial charge in [0.2, 0.25) is 5.91 Å². The Hall–Kier alpha value is -1.42. The first-order valence-electron chi connectivity index (χ1n) is 5.79. The second kappa shape index (κ2) is 6.84. The predicted octanol–water partition coefficient (Wildman–Crippen LogP) is 4.70. The first-order valence-corrected chi connectivity index (χ1v) is 6.93. The molecule has 3 nitrogen and oxygen atoms in total. The van der Waals surface area contributed by atoms with Gasteiger partial charge in [-0.25, -0.2) is 0 Å². The molecule has 0 fully saturated rings. The quantitative estimate of drug-likeness (QED) is 0.854. The summed E-state index contributed by atoms with van der Waals surface area (Å²) in [7, 11) is 0. The second-order valence-corrected chi connectivity index (χ2v) is 5.26. The van der Waals surface area contributed by atoms with E-state index in [1.165, 1.54) is 0 Å². The average molecular weight is 330 g/mol. The highest BCUT2D eigenvalue weighted by molar-refractivity contribution is 6.39. The van der Waals surface area contributed by atoms with Gasteiger partial charge in [0.1, 0.15) is 0 Å². The van der Waals surface area contributed by atoms with E-state index < -0.39 is 0 Å². The molecule has 2 N–H and O–H groups in total. The van der Waals surface area contributed by atoms with Gasteiger partial charge < -0.3 is 10.6 Å². The maximum absolute atomic E-state index is 11.8. The van der Waals surface area contributed by atoms with Crippen LogP contribution < -0.4 is 10.6 Å². The van der Waals surface area contributed by atoms with Crippen molar-refractivity contribution in [2.45, 2.75) is 0 Å². The van der Waals surface area contributed by atoms with Gasteiger partial charge in [-0.15, -0.1) is 0 Å². The van der Waals surface area contributed by atoms with E-state index in [2.05, 4.69) is 10.6 Å². The number of nitrogens with one attached hydrogen (secondary N) is 2. The molecule has 0 aliphatic rings. The third-order valence-corrected chi connectivity index (χ3v) is 3.41.